The highest BCUT2D eigenvalue weighted by Gasteiger charge is 2.37. The van der Waals surface area contributed by atoms with Crippen molar-refractivity contribution in [1.82, 2.24) is 4.90 Å². The fourth-order valence-electron chi connectivity index (χ4n) is 3.13. The van der Waals surface area contributed by atoms with Crippen LogP contribution in [0.4, 0.5) is 5.69 Å². The van der Waals surface area contributed by atoms with Crippen molar-refractivity contribution >= 4 is 28.5 Å². The maximum atomic E-state index is 12.9. The molecule has 0 radical (unpaired) electrons. The van der Waals surface area contributed by atoms with E-state index in [1.54, 1.807) is 19.1 Å². The van der Waals surface area contributed by atoms with E-state index in [0.717, 1.165) is 33.7 Å². The van der Waals surface area contributed by atoms with E-state index in [4.69, 9.17) is 19.2 Å². The smallest absolute Gasteiger partial charge is 0.242 e. The zero-order chi connectivity index (χ0) is 20.8. The molecule has 0 aliphatic carbocycles. The molecule has 0 spiro atoms. The molecule has 0 N–H and O–H groups in total. The Hall–Kier alpha value is -2.67. The first kappa shape index (κ1) is 21.0. The van der Waals surface area contributed by atoms with E-state index in [1.807, 2.05) is 56.3 Å². The lowest BCUT2D eigenvalue weighted by atomic mass is 10.1. The lowest BCUT2D eigenvalue weighted by molar-refractivity contribution is -0.126. The Morgan fingerprint density at radius 3 is 2.38 bits per heavy atom. The minimum atomic E-state index is -0.237. The number of hydrogen-bond donors (Lipinski definition) is 0. The minimum absolute atomic E-state index is 0.0695. The van der Waals surface area contributed by atoms with E-state index < -0.39 is 0 Å². The highest BCUT2D eigenvalue weighted by molar-refractivity contribution is 8.15. The van der Waals surface area contributed by atoms with Gasteiger partial charge in [0.05, 0.1) is 31.8 Å². The average molecular weight is 415 g/mol. The molecule has 3 rings (SSSR count). The van der Waals surface area contributed by atoms with Crippen LogP contribution in [-0.4, -0.2) is 48.6 Å². The topological polar surface area (TPSA) is 60.4 Å². The van der Waals surface area contributed by atoms with Gasteiger partial charge in [0.15, 0.2) is 5.17 Å². The number of ether oxygens (including phenoxy) is 3. The molecule has 154 valence electrons. The Balaban J connectivity index is 1.80. The number of thioether (sulfide) groups is 1. The first-order valence-corrected chi connectivity index (χ1v) is 10.5. The second-order valence-electron chi connectivity index (χ2n) is 6.39. The van der Waals surface area contributed by atoms with E-state index in [2.05, 4.69) is 0 Å². The second kappa shape index (κ2) is 9.69. The van der Waals surface area contributed by atoms with Crippen LogP contribution >= 0.6 is 11.8 Å². The molecule has 0 bridgehead atoms. The van der Waals surface area contributed by atoms with Crippen LogP contribution in [0.15, 0.2) is 47.5 Å². The molecular formula is C22H26N2O4S. The third-order valence-corrected chi connectivity index (χ3v) is 5.78. The standard InChI is InChI=1S/C22H26N2O4S/c1-5-24-21(25)20(13-15-7-10-18(26-3)14-19(15)27-4)29-22(24)23-16-8-11-17(12-9-16)28-6-2/h7-12,14,20H,5-6,13H2,1-4H3/t20-/m1/s1. The number of methoxy groups -OCH3 is 2. The zero-order valence-electron chi connectivity index (χ0n) is 17.2. The summed E-state index contributed by atoms with van der Waals surface area (Å²) in [7, 11) is 3.24. The van der Waals surface area contributed by atoms with E-state index >= 15 is 0 Å². The van der Waals surface area contributed by atoms with Gasteiger partial charge in [-0.15, -0.1) is 0 Å². The number of carbonyl (C=O) groups excluding carboxylic acids is 1. The molecule has 1 heterocycles. The quantitative estimate of drug-likeness (QED) is 0.645. The fraction of sp³-hybridized carbons (Fsp3) is 0.364. The molecule has 1 amide bonds. The minimum Gasteiger partial charge on any atom is -0.497 e. The van der Waals surface area contributed by atoms with E-state index in [-0.39, 0.29) is 11.2 Å². The summed E-state index contributed by atoms with van der Waals surface area (Å²) in [5, 5.41) is 0.484. The number of nitrogens with zero attached hydrogens (tertiary/aromatic N) is 2. The van der Waals surface area contributed by atoms with Crippen LogP contribution < -0.4 is 14.2 Å². The molecule has 1 aliphatic rings. The van der Waals surface area contributed by atoms with Gasteiger partial charge in [-0.25, -0.2) is 4.99 Å². The monoisotopic (exact) mass is 414 g/mol. The summed E-state index contributed by atoms with van der Waals surface area (Å²) in [5.74, 6) is 2.32. The predicted octanol–water partition coefficient (Wildman–Crippen LogP) is 4.30. The molecule has 1 atom stereocenters. The lowest BCUT2D eigenvalue weighted by Gasteiger charge is -2.14. The first-order valence-electron chi connectivity index (χ1n) is 9.60. The van der Waals surface area contributed by atoms with Crippen molar-refractivity contribution < 1.29 is 19.0 Å². The van der Waals surface area contributed by atoms with Crippen molar-refractivity contribution in [1.29, 1.82) is 0 Å². The largest absolute Gasteiger partial charge is 0.497 e. The van der Waals surface area contributed by atoms with Crippen LogP contribution in [0.3, 0.4) is 0 Å². The van der Waals surface area contributed by atoms with Crippen molar-refractivity contribution in [2.45, 2.75) is 25.5 Å². The molecule has 6 nitrogen and oxygen atoms in total. The van der Waals surface area contributed by atoms with Gasteiger partial charge >= 0.3 is 0 Å². The molecule has 0 saturated carbocycles. The summed E-state index contributed by atoms with van der Waals surface area (Å²) in [6, 6.07) is 13.2. The summed E-state index contributed by atoms with van der Waals surface area (Å²) < 4.78 is 16.2. The highest BCUT2D eigenvalue weighted by Crippen LogP contribution is 2.34. The Labute approximate surface area is 175 Å². The van der Waals surface area contributed by atoms with Crippen molar-refractivity contribution in [3.05, 3.63) is 48.0 Å². The van der Waals surface area contributed by atoms with Crippen LogP contribution in [0.1, 0.15) is 19.4 Å². The molecule has 29 heavy (non-hydrogen) atoms. The fourth-order valence-corrected chi connectivity index (χ4v) is 4.38. The van der Waals surface area contributed by atoms with Gasteiger partial charge in [-0.2, -0.15) is 0 Å². The first-order chi connectivity index (χ1) is 14.1. The Bertz CT molecular complexity index is 883. The maximum absolute atomic E-state index is 12.9. The van der Waals surface area contributed by atoms with Crippen molar-refractivity contribution in [2.24, 2.45) is 4.99 Å². The van der Waals surface area contributed by atoms with Gasteiger partial charge in [0.2, 0.25) is 5.91 Å². The van der Waals surface area contributed by atoms with Gasteiger partial charge in [0.1, 0.15) is 17.2 Å². The van der Waals surface area contributed by atoms with Gasteiger partial charge in [0.25, 0.3) is 0 Å². The SMILES string of the molecule is CCOc1ccc(N=C2S[C@H](Cc3ccc(OC)cc3OC)C(=O)N2CC)cc1. The van der Waals surface area contributed by atoms with Crippen LogP contribution in [0.2, 0.25) is 0 Å². The molecule has 1 fully saturated rings. The summed E-state index contributed by atoms with van der Waals surface area (Å²) in [4.78, 5) is 19.4. The van der Waals surface area contributed by atoms with Crippen LogP contribution in [0.25, 0.3) is 0 Å². The number of hydrogen-bond acceptors (Lipinski definition) is 6. The average Bonchev–Trinajstić information content (AvgIpc) is 3.03. The van der Waals surface area contributed by atoms with Crippen molar-refractivity contribution in [3.8, 4) is 17.2 Å². The van der Waals surface area contributed by atoms with Crippen LogP contribution in [-0.2, 0) is 11.2 Å². The van der Waals surface area contributed by atoms with Gasteiger partial charge in [-0.3, -0.25) is 9.69 Å². The lowest BCUT2D eigenvalue weighted by Crippen LogP contribution is -2.32. The second-order valence-corrected chi connectivity index (χ2v) is 7.56. The Kier molecular flexibility index (Phi) is 7.04. The van der Waals surface area contributed by atoms with Crippen molar-refractivity contribution in [3.63, 3.8) is 0 Å². The zero-order valence-corrected chi connectivity index (χ0v) is 18.0. The number of amides is 1. The molecule has 2 aromatic rings. The Morgan fingerprint density at radius 1 is 1.03 bits per heavy atom. The molecule has 7 heteroatoms. The molecular weight excluding hydrogens is 388 g/mol. The molecule has 0 unspecified atom stereocenters. The van der Waals surface area contributed by atoms with E-state index in [1.165, 1.54) is 11.8 Å². The normalized spacial score (nSPS) is 17.7. The highest BCUT2D eigenvalue weighted by atomic mass is 32.2. The number of amidine groups is 1. The van der Waals surface area contributed by atoms with Gasteiger partial charge in [0, 0.05) is 12.6 Å². The Morgan fingerprint density at radius 2 is 1.76 bits per heavy atom. The van der Waals surface area contributed by atoms with Crippen LogP contribution in [0.5, 0.6) is 17.2 Å². The molecule has 1 saturated heterocycles. The maximum Gasteiger partial charge on any atom is 0.242 e. The number of aliphatic imine (C=N–C) groups is 1. The third-order valence-electron chi connectivity index (χ3n) is 4.61. The number of benzene rings is 2. The molecule has 0 aromatic heterocycles. The summed E-state index contributed by atoms with van der Waals surface area (Å²) in [5.41, 5.74) is 1.77. The summed E-state index contributed by atoms with van der Waals surface area (Å²) in [6.45, 7) is 5.12. The number of rotatable bonds is 8. The van der Waals surface area contributed by atoms with Gasteiger partial charge < -0.3 is 14.2 Å². The predicted molar refractivity (Wildman–Crippen MR) is 117 cm³/mol. The molecule has 1 aliphatic heterocycles. The molecule has 2 aromatic carbocycles. The van der Waals surface area contributed by atoms with Crippen LogP contribution in [0, 0.1) is 0 Å². The van der Waals surface area contributed by atoms with Gasteiger partial charge in [-0.1, -0.05) is 17.8 Å². The van der Waals surface area contributed by atoms with Gasteiger partial charge in [-0.05, 0) is 56.2 Å². The van der Waals surface area contributed by atoms with Crippen molar-refractivity contribution in [2.75, 3.05) is 27.4 Å². The van der Waals surface area contributed by atoms with E-state index in [0.29, 0.717) is 19.6 Å². The van der Waals surface area contributed by atoms with E-state index in [9.17, 15) is 4.79 Å². The summed E-state index contributed by atoms with van der Waals surface area (Å²) in [6.07, 6.45) is 0.565. The third kappa shape index (κ3) is 4.85. The number of carbonyl (C=O) groups is 1. The summed E-state index contributed by atoms with van der Waals surface area (Å²) >= 11 is 1.49.